The molecule has 6 heteroatoms. The number of fused-ring (bicyclic) bond motifs is 2. The molecule has 34 heavy (non-hydrogen) atoms. The van der Waals surface area contributed by atoms with E-state index in [1.165, 1.54) is 24.8 Å². The minimum atomic E-state index is -1.26. The van der Waals surface area contributed by atoms with Crippen LogP contribution in [0.5, 0.6) is 0 Å². The fourth-order valence-electron chi connectivity index (χ4n) is 6.09. The molecule has 3 unspecified atom stereocenters. The summed E-state index contributed by atoms with van der Waals surface area (Å²) in [6.45, 7) is 16.3. The Kier molecular flexibility index (Phi) is 9.89. The van der Waals surface area contributed by atoms with Crippen molar-refractivity contribution in [3.63, 3.8) is 0 Å². The summed E-state index contributed by atoms with van der Waals surface area (Å²) in [7, 11) is 0. The Morgan fingerprint density at radius 1 is 1.06 bits per heavy atom. The van der Waals surface area contributed by atoms with Crippen molar-refractivity contribution in [3.8, 4) is 0 Å². The van der Waals surface area contributed by atoms with Crippen LogP contribution in [0.4, 0.5) is 0 Å². The number of carboxylic acid groups (broad SMARTS) is 2. The predicted molar refractivity (Wildman–Crippen MR) is 135 cm³/mol. The summed E-state index contributed by atoms with van der Waals surface area (Å²) in [4.78, 5) is 21.6. The Morgan fingerprint density at radius 3 is 2.09 bits per heavy atom. The second-order valence-corrected chi connectivity index (χ2v) is 10.4. The molecule has 0 saturated heterocycles. The van der Waals surface area contributed by atoms with E-state index in [2.05, 4.69) is 69.9 Å². The largest absolute Gasteiger partial charge is 0.478 e. The van der Waals surface area contributed by atoms with Crippen molar-refractivity contribution >= 4 is 11.9 Å². The molecule has 2 N–H and O–H groups in total. The van der Waals surface area contributed by atoms with Crippen molar-refractivity contribution in [2.45, 2.75) is 72.3 Å². The maximum absolute atomic E-state index is 9.55. The lowest BCUT2D eigenvalue weighted by molar-refractivity contribution is -0.139. The quantitative estimate of drug-likeness (QED) is 0.336. The molecule has 6 nitrogen and oxygen atoms in total. The van der Waals surface area contributed by atoms with Crippen molar-refractivity contribution in [1.82, 2.24) is 4.90 Å². The summed E-state index contributed by atoms with van der Waals surface area (Å²) in [5, 5.41) is 15.6. The summed E-state index contributed by atoms with van der Waals surface area (Å²) in [6, 6.07) is 11.0. The van der Waals surface area contributed by atoms with E-state index in [4.69, 9.17) is 14.9 Å². The second-order valence-electron chi connectivity index (χ2n) is 10.4. The topological polar surface area (TPSA) is 87.1 Å². The Bertz CT molecular complexity index is 816. The first-order valence-corrected chi connectivity index (χ1v) is 12.6. The van der Waals surface area contributed by atoms with Gasteiger partial charge in [0.25, 0.3) is 0 Å². The molecule has 0 aliphatic heterocycles. The summed E-state index contributed by atoms with van der Waals surface area (Å²) in [6.07, 6.45) is 7.24. The molecule has 1 aromatic carbocycles. The zero-order valence-electron chi connectivity index (χ0n) is 21.5. The molecule has 0 heterocycles. The third-order valence-corrected chi connectivity index (χ3v) is 8.61. The molecule has 2 fully saturated rings. The SMILES string of the molecule is CCN(CC)CCCOC1(Cc2ccccc2)CC2CCC1(C)C2(C)C.O=C(O)/C=C/C(=O)O. The van der Waals surface area contributed by atoms with Crippen LogP contribution in [-0.4, -0.2) is 58.9 Å². The van der Waals surface area contributed by atoms with Gasteiger partial charge in [-0.05, 0) is 55.7 Å². The minimum absolute atomic E-state index is 0.00400. The first-order chi connectivity index (χ1) is 16.0. The first-order valence-electron chi connectivity index (χ1n) is 12.6. The van der Waals surface area contributed by atoms with Crippen molar-refractivity contribution in [2.75, 3.05) is 26.2 Å². The van der Waals surface area contributed by atoms with Crippen molar-refractivity contribution in [3.05, 3.63) is 48.0 Å². The van der Waals surface area contributed by atoms with Crippen LogP contribution in [-0.2, 0) is 20.7 Å². The van der Waals surface area contributed by atoms with Gasteiger partial charge < -0.3 is 19.8 Å². The van der Waals surface area contributed by atoms with Gasteiger partial charge in [0.15, 0.2) is 0 Å². The lowest BCUT2D eigenvalue weighted by atomic mass is 9.62. The van der Waals surface area contributed by atoms with Gasteiger partial charge in [-0.25, -0.2) is 9.59 Å². The number of ether oxygens (including phenoxy) is 1. The van der Waals surface area contributed by atoms with Crippen LogP contribution >= 0.6 is 0 Å². The second kappa shape index (κ2) is 12.0. The van der Waals surface area contributed by atoms with Gasteiger partial charge in [-0.1, -0.05) is 65.0 Å². The molecule has 1 aromatic rings. The summed E-state index contributed by atoms with van der Waals surface area (Å²) >= 11 is 0. The zero-order chi connectivity index (χ0) is 25.4. The summed E-state index contributed by atoms with van der Waals surface area (Å²) < 4.78 is 6.88. The summed E-state index contributed by atoms with van der Waals surface area (Å²) in [5.41, 5.74) is 2.08. The highest BCUT2D eigenvalue weighted by Crippen LogP contribution is 2.71. The van der Waals surface area contributed by atoms with E-state index >= 15 is 0 Å². The van der Waals surface area contributed by atoms with E-state index < -0.39 is 11.9 Å². The van der Waals surface area contributed by atoms with Crippen LogP contribution < -0.4 is 0 Å². The average Bonchev–Trinajstić information content (AvgIpc) is 3.11. The number of aliphatic carboxylic acids is 2. The van der Waals surface area contributed by atoms with E-state index in [0.717, 1.165) is 45.0 Å². The molecule has 3 rings (SSSR count). The van der Waals surface area contributed by atoms with Crippen LogP contribution in [0.25, 0.3) is 0 Å². The Labute approximate surface area is 205 Å². The number of rotatable bonds is 11. The molecule has 0 amide bonds. The number of nitrogens with zero attached hydrogens (tertiary/aromatic N) is 1. The molecule has 0 spiro atoms. The average molecular weight is 474 g/mol. The normalized spacial score (nSPS) is 27.1. The smallest absolute Gasteiger partial charge is 0.328 e. The van der Waals surface area contributed by atoms with E-state index in [1.807, 2.05) is 0 Å². The Hall–Kier alpha value is -2.18. The molecule has 2 aliphatic carbocycles. The van der Waals surface area contributed by atoms with Gasteiger partial charge in [-0.2, -0.15) is 0 Å². The van der Waals surface area contributed by atoms with E-state index in [-0.39, 0.29) is 11.0 Å². The highest BCUT2D eigenvalue weighted by Gasteiger charge is 2.69. The molecule has 190 valence electrons. The lowest BCUT2D eigenvalue weighted by Crippen LogP contribution is -2.51. The maximum Gasteiger partial charge on any atom is 0.328 e. The van der Waals surface area contributed by atoms with Crippen molar-refractivity contribution in [1.29, 1.82) is 0 Å². The third kappa shape index (κ3) is 6.28. The molecular formula is C28H43NO5. The highest BCUT2D eigenvalue weighted by molar-refractivity contribution is 5.89. The van der Waals surface area contributed by atoms with Crippen LogP contribution in [0.15, 0.2) is 42.5 Å². The van der Waals surface area contributed by atoms with Gasteiger partial charge in [-0.3, -0.25) is 0 Å². The molecule has 3 atom stereocenters. The number of carboxylic acids is 2. The van der Waals surface area contributed by atoms with Gasteiger partial charge in [0.1, 0.15) is 0 Å². The number of benzene rings is 1. The molecule has 2 saturated carbocycles. The first kappa shape index (κ1) is 28.1. The monoisotopic (exact) mass is 473 g/mol. The standard InChI is InChI=1S/C24H39NO.C4H4O4/c1-6-25(7-2)16-11-17-26-24(18-20-12-9-8-10-13-20)19-21-14-15-23(24,5)22(21,3)4;5-3(6)1-2-4(7)8/h8-10,12-13,21H,6-7,11,14-19H2,1-5H3;1-2H,(H,5,6)(H,7,8)/b;2-1+. The van der Waals surface area contributed by atoms with E-state index in [9.17, 15) is 9.59 Å². The van der Waals surface area contributed by atoms with Crippen LogP contribution in [0, 0.1) is 16.7 Å². The maximum atomic E-state index is 9.55. The third-order valence-electron chi connectivity index (χ3n) is 8.61. The Balaban J connectivity index is 0.000000440. The van der Waals surface area contributed by atoms with Crippen molar-refractivity contribution < 1.29 is 24.5 Å². The van der Waals surface area contributed by atoms with E-state index in [1.54, 1.807) is 0 Å². The molecule has 2 bridgehead atoms. The van der Waals surface area contributed by atoms with Crippen LogP contribution in [0.1, 0.15) is 65.9 Å². The minimum Gasteiger partial charge on any atom is -0.478 e. The number of hydrogen-bond donors (Lipinski definition) is 2. The molecule has 0 radical (unpaired) electrons. The van der Waals surface area contributed by atoms with E-state index in [0.29, 0.717) is 17.6 Å². The van der Waals surface area contributed by atoms with Gasteiger partial charge in [0.05, 0.1) is 5.60 Å². The molecular weight excluding hydrogens is 430 g/mol. The van der Waals surface area contributed by atoms with Gasteiger partial charge >= 0.3 is 11.9 Å². The zero-order valence-corrected chi connectivity index (χ0v) is 21.5. The predicted octanol–water partition coefficient (Wildman–Crippen LogP) is 5.27. The van der Waals surface area contributed by atoms with Gasteiger partial charge in [0.2, 0.25) is 0 Å². The highest BCUT2D eigenvalue weighted by atomic mass is 16.5. The van der Waals surface area contributed by atoms with Crippen molar-refractivity contribution in [2.24, 2.45) is 16.7 Å². The number of carbonyl (C=O) groups is 2. The summed E-state index contributed by atoms with van der Waals surface area (Å²) in [5.74, 6) is -1.71. The van der Waals surface area contributed by atoms with Gasteiger partial charge in [0, 0.05) is 37.1 Å². The fraction of sp³-hybridized carbons (Fsp3) is 0.643. The molecule has 0 aromatic heterocycles. The lowest BCUT2D eigenvalue weighted by Gasteiger charge is -2.49. The number of hydrogen-bond acceptors (Lipinski definition) is 4. The fourth-order valence-corrected chi connectivity index (χ4v) is 6.09. The van der Waals surface area contributed by atoms with Gasteiger partial charge in [-0.15, -0.1) is 0 Å². The van der Waals surface area contributed by atoms with Crippen LogP contribution in [0.2, 0.25) is 0 Å². The Morgan fingerprint density at radius 2 is 1.65 bits per heavy atom. The van der Waals surface area contributed by atoms with Crippen LogP contribution in [0.3, 0.4) is 0 Å². The molecule has 2 aliphatic rings.